The van der Waals surface area contributed by atoms with Crippen molar-refractivity contribution in [3.05, 3.63) is 47.0 Å². The predicted molar refractivity (Wildman–Crippen MR) is 155 cm³/mol. The molecular weight excluding hydrogens is 550 g/mol. The van der Waals surface area contributed by atoms with Gasteiger partial charge in [0.2, 0.25) is 5.95 Å². The SMILES string of the molecule is CN1CCN(c2ccc(-n3cc(C(=O)NCCCN4CCOCC4)nn3)cc2NC(=O)c2cnc(N)nc2Cl)CC1. The standard InChI is InChI=1S/C26H34ClN11O3/c1-35-7-9-37(10-8-35)22-4-3-18(15-20(22)31-24(39)19-16-30-26(28)32-23(19)27)38-17-21(33-34-38)25(40)29-5-2-6-36-11-13-41-14-12-36/h3-4,15-17H,2,5-14H2,1H3,(H,29,40)(H,31,39)(H2,28,30,32). The molecule has 2 amide bonds. The molecule has 2 saturated heterocycles. The minimum Gasteiger partial charge on any atom is -0.379 e. The summed E-state index contributed by atoms with van der Waals surface area (Å²) in [5, 5.41) is 14.0. The number of piperazine rings is 1. The Balaban J connectivity index is 1.30. The van der Waals surface area contributed by atoms with Gasteiger partial charge >= 0.3 is 0 Å². The fourth-order valence-corrected chi connectivity index (χ4v) is 4.94. The number of hydrogen-bond acceptors (Lipinski definition) is 11. The first-order valence-electron chi connectivity index (χ1n) is 13.6. The zero-order valence-electron chi connectivity index (χ0n) is 22.9. The van der Waals surface area contributed by atoms with Crippen LogP contribution < -0.4 is 21.3 Å². The van der Waals surface area contributed by atoms with Crippen molar-refractivity contribution in [2.75, 3.05) is 88.6 Å². The van der Waals surface area contributed by atoms with E-state index in [2.05, 4.69) is 52.7 Å². The molecule has 0 aliphatic carbocycles. The molecule has 5 rings (SSSR count). The first kappa shape index (κ1) is 28.7. The van der Waals surface area contributed by atoms with Crippen molar-refractivity contribution >= 4 is 40.7 Å². The maximum absolute atomic E-state index is 13.2. The quantitative estimate of drug-likeness (QED) is 0.241. The summed E-state index contributed by atoms with van der Waals surface area (Å²) in [7, 11) is 2.08. The molecule has 0 bridgehead atoms. The molecule has 2 aliphatic heterocycles. The third kappa shape index (κ3) is 7.27. The van der Waals surface area contributed by atoms with Gasteiger partial charge in [0, 0.05) is 52.0 Å². The van der Waals surface area contributed by atoms with Gasteiger partial charge in [0.15, 0.2) is 5.69 Å². The Labute approximate surface area is 242 Å². The van der Waals surface area contributed by atoms with Crippen molar-refractivity contribution in [2.45, 2.75) is 6.42 Å². The van der Waals surface area contributed by atoms with Crippen molar-refractivity contribution in [2.24, 2.45) is 0 Å². The molecule has 4 heterocycles. The summed E-state index contributed by atoms with van der Waals surface area (Å²) in [6, 6.07) is 5.59. The molecule has 0 unspecified atom stereocenters. The number of anilines is 3. The van der Waals surface area contributed by atoms with Crippen LogP contribution in [0.5, 0.6) is 0 Å². The van der Waals surface area contributed by atoms with E-state index < -0.39 is 5.91 Å². The Bertz CT molecular complexity index is 1370. The lowest BCUT2D eigenvalue weighted by Gasteiger charge is -2.35. The van der Waals surface area contributed by atoms with Crippen LogP contribution in [0.3, 0.4) is 0 Å². The van der Waals surface area contributed by atoms with E-state index in [1.807, 2.05) is 12.1 Å². The number of aromatic nitrogens is 5. The van der Waals surface area contributed by atoms with Gasteiger partial charge in [-0.3, -0.25) is 14.5 Å². The lowest BCUT2D eigenvalue weighted by atomic mass is 10.1. The van der Waals surface area contributed by atoms with Crippen molar-refractivity contribution in [3.63, 3.8) is 0 Å². The molecule has 0 radical (unpaired) electrons. The van der Waals surface area contributed by atoms with Crippen LogP contribution in [0.25, 0.3) is 5.69 Å². The number of nitrogens with two attached hydrogens (primary N) is 1. The summed E-state index contributed by atoms with van der Waals surface area (Å²) in [5.74, 6) is -0.785. The smallest absolute Gasteiger partial charge is 0.273 e. The second-order valence-electron chi connectivity index (χ2n) is 9.99. The molecule has 1 aromatic carbocycles. The highest BCUT2D eigenvalue weighted by Crippen LogP contribution is 2.30. The van der Waals surface area contributed by atoms with Gasteiger partial charge in [-0.1, -0.05) is 16.8 Å². The van der Waals surface area contributed by atoms with E-state index in [4.69, 9.17) is 22.1 Å². The van der Waals surface area contributed by atoms with Crippen LogP contribution in [-0.4, -0.2) is 119 Å². The Morgan fingerprint density at radius 1 is 1.10 bits per heavy atom. The van der Waals surface area contributed by atoms with Crippen LogP contribution >= 0.6 is 11.6 Å². The summed E-state index contributed by atoms with van der Waals surface area (Å²) in [6.07, 6.45) is 3.70. The molecule has 0 saturated carbocycles. The highest BCUT2D eigenvalue weighted by atomic mass is 35.5. The minimum absolute atomic E-state index is 0.0187. The fourth-order valence-electron chi connectivity index (χ4n) is 4.72. The van der Waals surface area contributed by atoms with E-state index in [-0.39, 0.29) is 28.3 Å². The number of ether oxygens (including phenoxy) is 1. The van der Waals surface area contributed by atoms with Crippen molar-refractivity contribution in [3.8, 4) is 5.69 Å². The van der Waals surface area contributed by atoms with E-state index >= 15 is 0 Å². The molecule has 2 fully saturated rings. The maximum atomic E-state index is 13.2. The van der Waals surface area contributed by atoms with E-state index in [1.165, 1.54) is 10.9 Å². The summed E-state index contributed by atoms with van der Waals surface area (Å²) >= 11 is 6.16. The number of carbonyl (C=O) groups excluding carboxylic acids is 2. The van der Waals surface area contributed by atoms with Gasteiger partial charge in [-0.15, -0.1) is 5.10 Å². The number of carbonyl (C=O) groups is 2. The van der Waals surface area contributed by atoms with Crippen LogP contribution in [-0.2, 0) is 4.74 Å². The molecule has 0 atom stereocenters. The first-order valence-corrected chi connectivity index (χ1v) is 13.9. The molecule has 0 spiro atoms. The van der Waals surface area contributed by atoms with E-state index in [1.54, 1.807) is 12.3 Å². The first-order chi connectivity index (χ1) is 19.9. The molecule has 3 aromatic rings. The molecule has 4 N–H and O–H groups in total. The number of benzene rings is 1. The fraction of sp³-hybridized carbons (Fsp3) is 0.462. The van der Waals surface area contributed by atoms with Crippen molar-refractivity contribution < 1.29 is 14.3 Å². The average Bonchev–Trinajstić information content (AvgIpc) is 3.47. The third-order valence-corrected chi connectivity index (χ3v) is 7.40. The number of nitrogens with one attached hydrogen (secondary N) is 2. The second-order valence-corrected chi connectivity index (χ2v) is 10.3. The number of likely N-dealkylation sites (N-methyl/N-ethyl adjacent to an activating group) is 1. The molecule has 2 aliphatic rings. The predicted octanol–water partition coefficient (Wildman–Crippen LogP) is 0.749. The number of hydrogen-bond donors (Lipinski definition) is 3. The van der Waals surface area contributed by atoms with Crippen molar-refractivity contribution in [1.29, 1.82) is 0 Å². The zero-order chi connectivity index (χ0) is 28.8. The van der Waals surface area contributed by atoms with Crippen LogP contribution in [0.1, 0.15) is 27.3 Å². The van der Waals surface area contributed by atoms with Gasteiger partial charge in [0.05, 0.1) is 42.0 Å². The van der Waals surface area contributed by atoms with Gasteiger partial charge in [-0.05, 0) is 38.2 Å². The monoisotopic (exact) mass is 583 g/mol. The van der Waals surface area contributed by atoms with E-state index in [0.717, 1.165) is 71.1 Å². The molecular formula is C26H34ClN11O3. The highest BCUT2D eigenvalue weighted by Gasteiger charge is 2.21. The summed E-state index contributed by atoms with van der Waals surface area (Å²) < 4.78 is 6.87. The Kier molecular flexibility index (Phi) is 9.24. The average molecular weight is 584 g/mol. The van der Waals surface area contributed by atoms with Gasteiger partial charge < -0.3 is 30.9 Å². The number of nitrogen functional groups attached to an aromatic ring is 1. The van der Waals surface area contributed by atoms with Gasteiger partial charge in [-0.2, -0.15) is 0 Å². The Hall–Kier alpha value is -3.85. The summed E-state index contributed by atoms with van der Waals surface area (Å²) in [6.45, 7) is 8.14. The summed E-state index contributed by atoms with van der Waals surface area (Å²) in [4.78, 5) is 40.4. The minimum atomic E-state index is -0.474. The summed E-state index contributed by atoms with van der Waals surface area (Å²) in [5.41, 5.74) is 7.91. The Morgan fingerprint density at radius 3 is 2.63 bits per heavy atom. The van der Waals surface area contributed by atoms with E-state index in [0.29, 0.717) is 17.9 Å². The molecule has 14 nitrogen and oxygen atoms in total. The largest absolute Gasteiger partial charge is 0.379 e. The lowest BCUT2D eigenvalue weighted by molar-refractivity contribution is 0.0374. The Morgan fingerprint density at radius 2 is 1.88 bits per heavy atom. The topological polar surface area (TPSA) is 160 Å². The molecule has 218 valence electrons. The normalized spacial score (nSPS) is 16.5. The number of morpholine rings is 1. The second kappa shape index (κ2) is 13.2. The highest BCUT2D eigenvalue weighted by molar-refractivity contribution is 6.33. The van der Waals surface area contributed by atoms with Crippen LogP contribution in [0.15, 0.2) is 30.6 Å². The lowest BCUT2D eigenvalue weighted by Crippen LogP contribution is -2.44. The maximum Gasteiger partial charge on any atom is 0.273 e. The van der Waals surface area contributed by atoms with Crippen LogP contribution in [0.2, 0.25) is 5.15 Å². The number of nitrogens with zero attached hydrogens (tertiary/aromatic N) is 8. The molecule has 15 heteroatoms. The van der Waals surface area contributed by atoms with Crippen molar-refractivity contribution in [1.82, 2.24) is 40.1 Å². The van der Waals surface area contributed by atoms with Crippen LogP contribution in [0, 0.1) is 0 Å². The number of amides is 2. The zero-order valence-corrected chi connectivity index (χ0v) is 23.7. The van der Waals surface area contributed by atoms with Crippen LogP contribution in [0.4, 0.5) is 17.3 Å². The molecule has 2 aromatic heterocycles. The number of rotatable bonds is 9. The van der Waals surface area contributed by atoms with Gasteiger partial charge in [0.1, 0.15) is 5.15 Å². The van der Waals surface area contributed by atoms with Gasteiger partial charge in [0.25, 0.3) is 11.8 Å². The van der Waals surface area contributed by atoms with E-state index in [9.17, 15) is 9.59 Å². The molecule has 41 heavy (non-hydrogen) atoms. The van der Waals surface area contributed by atoms with Gasteiger partial charge in [-0.25, -0.2) is 14.6 Å². The third-order valence-electron chi connectivity index (χ3n) is 7.11. The number of halogens is 1.